The average Bonchev–Trinajstić information content (AvgIpc) is 2.29. The first-order valence-corrected chi connectivity index (χ1v) is 5.75. The molecular formula is C12H21NO3. The first kappa shape index (κ1) is 12.9. The number of hydroxylamine groups is 2. The number of nitrogens with zero attached hydrogens (tertiary/aromatic N) is 1. The Morgan fingerprint density at radius 1 is 1.31 bits per heavy atom. The number of rotatable bonds is 1. The summed E-state index contributed by atoms with van der Waals surface area (Å²) in [6, 6.07) is 0. The fourth-order valence-electron chi connectivity index (χ4n) is 1.51. The molecule has 0 aliphatic carbocycles. The first-order valence-electron chi connectivity index (χ1n) is 5.75. The van der Waals surface area contributed by atoms with Gasteiger partial charge in [0.25, 0.3) is 0 Å². The van der Waals surface area contributed by atoms with E-state index in [1.165, 1.54) is 0 Å². The van der Waals surface area contributed by atoms with Crippen LogP contribution in [0.1, 0.15) is 46.5 Å². The van der Waals surface area contributed by atoms with Crippen molar-refractivity contribution in [3.63, 3.8) is 0 Å². The van der Waals surface area contributed by atoms with Crippen LogP contribution in [-0.2, 0) is 9.57 Å². The number of hydrogen-bond acceptors (Lipinski definition) is 4. The van der Waals surface area contributed by atoms with Crippen molar-refractivity contribution in [1.29, 1.82) is 0 Å². The van der Waals surface area contributed by atoms with Gasteiger partial charge < -0.3 is 9.57 Å². The molecule has 0 amide bonds. The molecule has 1 saturated heterocycles. The summed E-state index contributed by atoms with van der Waals surface area (Å²) in [4.78, 5) is 16.6. The summed E-state index contributed by atoms with van der Waals surface area (Å²) >= 11 is 0. The second-order valence-electron chi connectivity index (χ2n) is 5.03. The normalized spacial score (nSPS) is 17.9. The van der Waals surface area contributed by atoms with Crippen molar-refractivity contribution in [2.75, 3.05) is 6.54 Å². The third-order valence-corrected chi connectivity index (χ3v) is 2.25. The maximum atomic E-state index is 11.5. The van der Waals surface area contributed by atoms with E-state index < -0.39 is 11.8 Å². The van der Waals surface area contributed by atoms with E-state index in [0.717, 1.165) is 31.4 Å². The second-order valence-corrected chi connectivity index (χ2v) is 5.03. The zero-order valence-corrected chi connectivity index (χ0v) is 10.4. The van der Waals surface area contributed by atoms with E-state index in [-0.39, 0.29) is 0 Å². The van der Waals surface area contributed by atoms with Gasteiger partial charge >= 0.3 is 6.16 Å². The third kappa shape index (κ3) is 4.55. The Morgan fingerprint density at radius 3 is 2.62 bits per heavy atom. The Bertz CT molecular complexity index is 268. The monoisotopic (exact) mass is 227 g/mol. The number of ether oxygens (including phenoxy) is 1. The number of carbonyl (C=O) groups excluding carboxylic acids is 1. The molecule has 0 atom stereocenters. The van der Waals surface area contributed by atoms with Crippen LogP contribution >= 0.6 is 0 Å². The highest BCUT2D eigenvalue weighted by molar-refractivity contribution is 5.60. The molecule has 0 saturated carbocycles. The van der Waals surface area contributed by atoms with E-state index in [2.05, 4.69) is 6.58 Å². The minimum absolute atomic E-state index is 0.524. The largest absolute Gasteiger partial charge is 0.533 e. The number of carbonyl (C=O) groups is 1. The lowest BCUT2D eigenvalue weighted by atomic mass is 10.2. The SMILES string of the molecule is C=C1CCCCCN1OC(=O)OC(C)(C)C. The van der Waals surface area contributed by atoms with Crippen molar-refractivity contribution in [3.05, 3.63) is 12.3 Å². The Labute approximate surface area is 97.2 Å². The summed E-state index contributed by atoms with van der Waals surface area (Å²) in [5, 5.41) is 1.56. The Kier molecular flexibility index (Phi) is 4.21. The van der Waals surface area contributed by atoms with Gasteiger partial charge in [0.05, 0.1) is 6.54 Å². The van der Waals surface area contributed by atoms with Gasteiger partial charge in [0.1, 0.15) is 5.60 Å². The molecule has 0 N–H and O–H groups in total. The summed E-state index contributed by atoms with van der Waals surface area (Å²) < 4.78 is 5.09. The molecule has 92 valence electrons. The molecule has 0 unspecified atom stereocenters. The smallest absolute Gasteiger partial charge is 0.427 e. The van der Waals surface area contributed by atoms with Crippen molar-refractivity contribution in [2.24, 2.45) is 0 Å². The number of allylic oxidation sites excluding steroid dienone is 1. The quantitative estimate of drug-likeness (QED) is 0.645. The fraction of sp³-hybridized carbons (Fsp3) is 0.750. The third-order valence-electron chi connectivity index (χ3n) is 2.25. The Morgan fingerprint density at radius 2 is 2.00 bits per heavy atom. The van der Waals surface area contributed by atoms with E-state index in [0.29, 0.717) is 6.54 Å². The van der Waals surface area contributed by atoms with E-state index in [4.69, 9.17) is 9.57 Å². The van der Waals surface area contributed by atoms with Crippen molar-refractivity contribution >= 4 is 6.16 Å². The molecule has 1 aliphatic rings. The van der Waals surface area contributed by atoms with Crippen molar-refractivity contribution in [3.8, 4) is 0 Å². The standard InChI is InChI=1S/C12H21NO3/c1-10-8-6-5-7-9-13(10)16-11(14)15-12(2,3)4/h1,5-9H2,2-4H3. The minimum Gasteiger partial charge on any atom is -0.427 e. The number of hydrogen-bond donors (Lipinski definition) is 0. The molecular weight excluding hydrogens is 206 g/mol. The molecule has 1 rings (SSSR count). The van der Waals surface area contributed by atoms with Crippen LogP contribution in [0.5, 0.6) is 0 Å². The molecule has 0 spiro atoms. The molecule has 0 aromatic rings. The van der Waals surface area contributed by atoms with Gasteiger partial charge in [-0.2, -0.15) is 0 Å². The summed E-state index contributed by atoms with van der Waals surface area (Å²) in [6.07, 6.45) is 3.49. The van der Waals surface area contributed by atoms with Gasteiger partial charge in [0.15, 0.2) is 0 Å². The predicted molar refractivity (Wildman–Crippen MR) is 61.6 cm³/mol. The van der Waals surface area contributed by atoms with E-state index in [9.17, 15) is 4.79 Å². The molecule has 4 nitrogen and oxygen atoms in total. The lowest BCUT2D eigenvalue weighted by Crippen LogP contribution is -2.31. The molecule has 0 aromatic heterocycles. The molecule has 1 aliphatic heterocycles. The highest BCUT2D eigenvalue weighted by atomic mass is 16.8. The van der Waals surface area contributed by atoms with E-state index >= 15 is 0 Å². The maximum absolute atomic E-state index is 11.5. The fourth-order valence-corrected chi connectivity index (χ4v) is 1.51. The van der Waals surface area contributed by atoms with Crippen LogP contribution in [0.4, 0.5) is 4.79 Å². The van der Waals surface area contributed by atoms with Crippen molar-refractivity contribution in [2.45, 2.75) is 52.1 Å². The second kappa shape index (κ2) is 5.23. The molecule has 1 heterocycles. The van der Waals surface area contributed by atoms with Crippen LogP contribution in [0.3, 0.4) is 0 Å². The van der Waals surface area contributed by atoms with Crippen LogP contribution in [0.2, 0.25) is 0 Å². The van der Waals surface area contributed by atoms with E-state index in [1.807, 2.05) is 20.8 Å². The van der Waals surface area contributed by atoms with Gasteiger partial charge in [-0.05, 0) is 40.0 Å². The van der Waals surface area contributed by atoms with Gasteiger partial charge in [-0.15, -0.1) is 0 Å². The molecule has 16 heavy (non-hydrogen) atoms. The van der Waals surface area contributed by atoms with Crippen LogP contribution in [-0.4, -0.2) is 23.4 Å². The summed E-state index contributed by atoms with van der Waals surface area (Å²) in [5.41, 5.74) is 0.327. The van der Waals surface area contributed by atoms with Crippen LogP contribution in [0, 0.1) is 0 Å². The highest BCUT2D eigenvalue weighted by Crippen LogP contribution is 2.19. The molecule has 0 radical (unpaired) electrons. The predicted octanol–water partition coefficient (Wildman–Crippen LogP) is 3.24. The maximum Gasteiger partial charge on any atom is 0.533 e. The molecule has 0 aromatic carbocycles. The lowest BCUT2D eigenvalue weighted by Gasteiger charge is -2.25. The van der Waals surface area contributed by atoms with Gasteiger partial charge in [0.2, 0.25) is 0 Å². The first-order chi connectivity index (χ1) is 7.38. The van der Waals surface area contributed by atoms with Crippen LogP contribution in [0.15, 0.2) is 12.3 Å². The molecule has 0 bridgehead atoms. The van der Waals surface area contributed by atoms with E-state index in [1.54, 1.807) is 5.06 Å². The topological polar surface area (TPSA) is 38.8 Å². The van der Waals surface area contributed by atoms with Gasteiger partial charge in [0, 0.05) is 5.70 Å². The van der Waals surface area contributed by atoms with Crippen molar-refractivity contribution in [1.82, 2.24) is 5.06 Å². The summed E-state index contributed by atoms with van der Waals surface area (Å²) in [6.45, 7) is 10.0. The summed E-state index contributed by atoms with van der Waals surface area (Å²) in [5.74, 6) is 0. The molecule has 1 fully saturated rings. The Balaban J connectivity index is 2.45. The molecule has 4 heteroatoms. The van der Waals surface area contributed by atoms with Gasteiger partial charge in [-0.3, -0.25) is 0 Å². The van der Waals surface area contributed by atoms with Gasteiger partial charge in [-0.1, -0.05) is 13.0 Å². The van der Waals surface area contributed by atoms with Crippen LogP contribution < -0.4 is 0 Å². The zero-order valence-electron chi connectivity index (χ0n) is 10.4. The van der Waals surface area contributed by atoms with Crippen LogP contribution in [0.25, 0.3) is 0 Å². The minimum atomic E-state index is -0.657. The lowest BCUT2D eigenvalue weighted by molar-refractivity contribution is -0.121. The average molecular weight is 227 g/mol. The Hall–Kier alpha value is -1.19. The summed E-state index contributed by atoms with van der Waals surface area (Å²) in [7, 11) is 0. The van der Waals surface area contributed by atoms with Gasteiger partial charge in [-0.25, -0.2) is 9.86 Å². The zero-order chi connectivity index (χ0) is 12.2. The van der Waals surface area contributed by atoms with Crippen molar-refractivity contribution < 1.29 is 14.4 Å². The highest BCUT2D eigenvalue weighted by Gasteiger charge is 2.22.